The van der Waals surface area contributed by atoms with Crippen LogP contribution in [0.1, 0.15) is 25.3 Å². The van der Waals surface area contributed by atoms with Crippen LogP contribution in [0.15, 0.2) is 28.4 Å². The van der Waals surface area contributed by atoms with Gasteiger partial charge in [-0.2, -0.15) is 0 Å². The number of hydrogen-bond acceptors (Lipinski definition) is 7. The second-order valence-corrected chi connectivity index (χ2v) is 7.00. The Bertz CT molecular complexity index is 844. The van der Waals surface area contributed by atoms with Crippen molar-refractivity contribution in [2.24, 2.45) is 10.9 Å². The monoisotopic (exact) mass is 471 g/mol. The number of halogens is 1. The minimum atomic E-state index is -0.730. The molecular weight excluding hydrogens is 453 g/mol. The summed E-state index contributed by atoms with van der Waals surface area (Å²) in [5, 5.41) is 0. The maximum Gasteiger partial charge on any atom is 0.336 e. The molecule has 0 fully saturated rings. The van der Waals surface area contributed by atoms with Crippen LogP contribution in [-0.2, 0) is 19.1 Å². The number of allylic oxidation sites excluding steroid dienone is 1. The Kier molecular flexibility index (Phi) is 5.22. The molecule has 0 aliphatic carbocycles. The van der Waals surface area contributed by atoms with E-state index in [0.29, 0.717) is 28.5 Å². The van der Waals surface area contributed by atoms with Crippen LogP contribution >= 0.6 is 22.6 Å². The predicted octanol–water partition coefficient (Wildman–Crippen LogP) is 2.81. The SMILES string of the molecule is COC(=O)C1=C(C)N=C(C)C(C(=O)OC)C1c1ccc2c(c1I)OCO2. The van der Waals surface area contributed by atoms with Gasteiger partial charge in [-0.1, -0.05) is 6.07 Å². The Hall–Kier alpha value is -2.10. The molecule has 2 unspecified atom stereocenters. The molecule has 0 bridgehead atoms. The number of nitrogens with zero attached hydrogens (tertiary/aromatic N) is 1. The Balaban J connectivity index is 2.23. The minimum absolute atomic E-state index is 0.138. The quantitative estimate of drug-likeness (QED) is 0.498. The molecule has 2 aliphatic rings. The Morgan fingerprint density at radius 1 is 1.19 bits per heavy atom. The first-order chi connectivity index (χ1) is 12.4. The molecule has 2 atom stereocenters. The summed E-state index contributed by atoms with van der Waals surface area (Å²) in [5.41, 5.74) is 2.21. The van der Waals surface area contributed by atoms with Gasteiger partial charge in [-0.25, -0.2) is 4.79 Å². The average molecular weight is 471 g/mol. The first-order valence-corrected chi connectivity index (χ1v) is 8.98. The van der Waals surface area contributed by atoms with Crippen LogP contribution in [0.5, 0.6) is 11.5 Å². The number of carbonyl (C=O) groups excluding carboxylic acids is 2. The lowest BCUT2D eigenvalue weighted by atomic mass is 9.75. The van der Waals surface area contributed by atoms with E-state index >= 15 is 0 Å². The van der Waals surface area contributed by atoms with E-state index in [9.17, 15) is 9.59 Å². The topological polar surface area (TPSA) is 83.4 Å². The maximum atomic E-state index is 12.5. The number of carbonyl (C=O) groups is 2. The third-order valence-corrected chi connectivity index (χ3v) is 5.65. The number of fused-ring (bicyclic) bond motifs is 1. The highest BCUT2D eigenvalue weighted by Crippen LogP contribution is 2.46. The molecule has 7 nitrogen and oxygen atoms in total. The summed E-state index contributed by atoms with van der Waals surface area (Å²) in [5.74, 6) is -1.06. The summed E-state index contributed by atoms with van der Waals surface area (Å²) >= 11 is 2.14. The van der Waals surface area contributed by atoms with Crippen molar-refractivity contribution in [3.05, 3.63) is 32.5 Å². The van der Waals surface area contributed by atoms with Crippen LogP contribution in [0.3, 0.4) is 0 Å². The van der Waals surface area contributed by atoms with Gasteiger partial charge in [-0.05, 0) is 48.1 Å². The molecule has 0 saturated heterocycles. The molecule has 1 aromatic rings. The van der Waals surface area contributed by atoms with E-state index in [2.05, 4.69) is 27.6 Å². The van der Waals surface area contributed by atoms with Gasteiger partial charge in [0.05, 0.1) is 23.4 Å². The smallest absolute Gasteiger partial charge is 0.336 e. The van der Waals surface area contributed by atoms with Crippen molar-refractivity contribution >= 4 is 40.2 Å². The van der Waals surface area contributed by atoms with Gasteiger partial charge >= 0.3 is 11.9 Å². The number of rotatable bonds is 3. The Labute approximate surface area is 164 Å². The highest BCUT2D eigenvalue weighted by Gasteiger charge is 2.43. The average Bonchev–Trinajstić information content (AvgIpc) is 3.10. The third-order valence-electron chi connectivity index (χ3n) is 4.53. The van der Waals surface area contributed by atoms with Gasteiger partial charge in [0.15, 0.2) is 11.5 Å². The van der Waals surface area contributed by atoms with Crippen molar-refractivity contribution in [2.45, 2.75) is 19.8 Å². The van der Waals surface area contributed by atoms with Crippen molar-refractivity contribution in [3.63, 3.8) is 0 Å². The molecule has 3 rings (SSSR count). The van der Waals surface area contributed by atoms with Crippen molar-refractivity contribution in [2.75, 3.05) is 21.0 Å². The molecule has 2 heterocycles. The van der Waals surface area contributed by atoms with Gasteiger partial charge in [0.25, 0.3) is 0 Å². The van der Waals surface area contributed by atoms with Crippen molar-refractivity contribution in [1.82, 2.24) is 0 Å². The lowest BCUT2D eigenvalue weighted by molar-refractivity contribution is -0.143. The summed E-state index contributed by atoms with van der Waals surface area (Å²) < 4.78 is 21.7. The van der Waals surface area contributed by atoms with Crippen LogP contribution < -0.4 is 9.47 Å². The summed E-state index contributed by atoms with van der Waals surface area (Å²) in [4.78, 5) is 29.4. The van der Waals surface area contributed by atoms with Gasteiger partial charge in [0.1, 0.15) is 5.92 Å². The maximum absolute atomic E-state index is 12.5. The van der Waals surface area contributed by atoms with E-state index in [1.807, 2.05) is 6.07 Å². The number of methoxy groups -OCH3 is 2. The summed E-state index contributed by atoms with van der Waals surface area (Å²) in [6.07, 6.45) is 0. The van der Waals surface area contributed by atoms with Gasteiger partial charge in [-0.15, -0.1) is 0 Å². The largest absolute Gasteiger partial charge is 0.468 e. The van der Waals surface area contributed by atoms with Crippen molar-refractivity contribution in [1.29, 1.82) is 0 Å². The van der Waals surface area contributed by atoms with E-state index in [1.165, 1.54) is 14.2 Å². The first-order valence-electron chi connectivity index (χ1n) is 7.90. The molecule has 0 spiro atoms. The fourth-order valence-corrected chi connectivity index (χ4v) is 4.31. The van der Waals surface area contributed by atoms with Gasteiger partial charge in [0.2, 0.25) is 6.79 Å². The molecule has 138 valence electrons. The van der Waals surface area contributed by atoms with Crippen LogP contribution in [0.25, 0.3) is 0 Å². The van der Waals surface area contributed by atoms with E-state index in [4.69, 9.17) is 18.9 Å². The fraction of sp³-hybridized carbons (Fsp3) is 0.389. The van der Waals surface area contributed by atoms with Gasteiger partial charge in [0, 0.05) is 17.3 Å². The van der Waals surface area contributed by atoms with Crippen LogP contribution in [-0.4, -0.2) is 38.7 Å². The molecule has 8 heteroatoms. The predicted molar refractivity (Wildman–Crippen MR) is 101 cm³/mol. The normalized spacial score (nSPS) is 21.3. The van der Waals surface area contributed by atoms with E-state index in [0.717, 1.165) is 9.13 Å². The number of hydrogen-bond donors (Lipinski definition) is 0. The van der Waals surface area contributed by atoms with Gasteiger partial charge < -0.3 is 18.9 Å². The van der Waals surface area contributed by atoms with Crippen molar-refractivity contribution < 1.29 is 28.5 Å². The molecule has 1 aromatic carbocycles. The molecule has 0 saturated carbocycles. The summed E-state index contributed by atoms with van der Waals surface area (Å²) in [6, 6.07) is 3.62. The van der Waals surface area contributed by atoms with E-state index in [-0.39, 0.29) is 6.79 Å². The summed E-state index contributed by atoms with van der Waals surface area (Å²) in [6.45, 7) is 3.63. The second-order valence-electron chi connectivity index (χ2n) is 5.92. The highest BCUT2D eigenvalue weighted by molar-refractivity contribution is 14.1. The molecule has 0 aromatic heterocycles. The third kappa shape index (κ3) is 2.95. The minimum Gasteiger partial charge on any atom is -0.468 e. The zero-order chi connectivity index (χ0) is 19.0. The second kappa shape index (κ2) is 7.26. The van der Waals surface area contributed by atoms with Crippen LogP contribution in [0.4, 0.5) is 0 Å². The Morgan fingerprint density at radius 2 is 1.92 bits per heavy atom. The van der Waals surface area contributed by atoms with Crippen LogP contribution in [0.2, 0.25) is 0 Å². The molecule has 26 heavy (non-hydrogen) atoms. The zero-order valence-electron chi connectivity index (χ0n) is 14.8. The summed E-state index contributed by atoms with van der Waals surface area (Å²) in [7, 11) is 2.63. The lowest BCUT2D eigenvalue weighted by Gasteiger charge is -2.31. The fourth-order valence-electron chi connectivity index (χ4n) is 3.37. The number of aliphatic imine (C=N–C) groups is 1. The zero-order valence-corrected chi connectivity index (χ0v) is 16.9. The standard InChI is InChI=1S/C18H18INO6/c1-8-12(17(21)23-3)14(13(9(2)20-8)18(22)24-4)10-5-6-11-16(15(10)19)26-7-25-11/h5-6,12,14H,7H2,1-4H3. The number of benzene rings is 1. The number of ether oxygens (including phenoxy) is 4. The van der Waals surface area contributed by atoms with E-state index in [1.54, 1.807) is 19.9 Å². The molecular formula is C18H18INO6. The molecule has 0 N–H and O–H groups in total. The van der Waals surface area contributed by atoms with Crippen molar-refractivity contribution in [3.8, 4) is 11.5 Å². The van der Waals surface area contributed by atoms with Gasteiger partial charge in [-0.3, -0.25) is 9.79 Å². The lowest BCUT2D eigenvalue weighted by Crippen LogP contribution is -2.36. The first kappa shape index (κ1) is 18.7. The van der Waals surface area contributed by atoms with Crippen LogP contribution in [0, 0.1) is 9.49 Å². The highest BCUT2D eigenvalue weighted by atomic mass is 127. The Morgan fingerprint density at radius 3 is 2.58 bits per heavy atom. The van der Waals surface area contributed by atoms with E-state index < -0.39 is 23.8 Å². The molecule has 0 radical (unpaired) electrons. The molecule has 0 amide bonds. The molecule has 2 aliphatic heterocycles. The number of esters is 2.